The standard InChI is InChI=1S/C13H13F3N2O3/c1-13(11(19)20)3-2-4-18(13)12(21)17-10-6-8(15)7(14)5-9(10)16/h5-6H,2-4H2,1H3,(H,17,21)(H,19,20). The molecule has 0 bridgehead atoms. The minimum absolute atomic E-state index is 0.180. The molecule has 2 rings (SSSR count). The van der Waals surface area contributed by atoms with Crippen LogP contribution in [-0.2, 0) is 4.79 Å². The van der Waals surface area contributed by atoms with E-state index in [1.165, 1.54) is 6.92 Å². The van der Waals surface area contributed by atoms with Gasteiger partial charge in [-0.2, -0.15) is 0 Å². The van der Waals surface area contributed by atoms with Gasteiger partial charge in [-0.15, -0.1) is 0 Å². The number of amides is 2. The quantitative estimate of drug-likeness (QED) is 0.825. The van der Waals surface area contributed by atoms with Crippen molar-refractivity contribution < 1.29 is 27.9 Å². The largest absolute Gasteiger partial charge is 0.480 e. The number of benzene rings is 1. The smallest absolute Gasteiger partial charge is 0.329 e. The number of carbonyl (C=O) groups excluding carboxylic acids is 1. The van der Waals surface area contributed by atoms with Crippen LogP contribution in [-0.4, -0.2) is 34.1 Å². The maximum atomic E-state index is 13.5. The Morgan fingerprint density at radius 2 is 1.86 bits per heavy atom. The lowest BCUT2D eigenvalue weighted by Gasteiger charge is -2.31. The van der Waals surface area contributed by atoms with E-state index in [1.54, 1.807) is 0 Å². The number of carboxylic acid groups (broad SMARTS) is 1. The lowest BCUT2D eigenvalue weighted by molar-refractivity contribution is -0.146. The molecule has 1 aliphatic rings. The van der Waals surface area contributed by atoms with Crippen LogP contribution in [0, 0.1) is 17.5 Å². The summed E-state index contributed by atoms with van der Waals surface area (Å²) < 4.78 is 39.4. The summed E-state index contributed by atoms with van der Waals surface area (Å²) in [5.41, 5.74) is -1.95. The fourth-order valence-electron chi connectivity index (χ4n) is 2.31. The van der Waals surface area contributed by atoms with Crippen LogP contribution in [0.5, 0.6) is 0 Å². The Morgan fingerprint density at radius 1 is 1.24 bits per heavy atom. The average molecular weight is 302 g/mol. The molecule has 0 aromatic heterocycles. The molecule has 2 amide bonds. The molecule has 0 spiro atoms. The molecule has 8 heteroatoms. The van der Waals surface area contributed by atoms with Crippen molar-refractivity contribution >= 4 is 17.7 Å². The molecule has 5 nitrogen and oxygen atoms in total. The second kappa shape index (κ2) is 5.27. The lowest BCUT2D eigenvalue weighted by Crippen LogP contribution is -2.52. The van der Waals surface area contributed by atoms with Gasteiger partial charge in [0.2, 0.25) is 0 Å². The van der Waals surface area contributed by atoms with E-state index in [1.807, 2.05) is 0 Å². The van der Waals surface area contributed by atoms with Crippen LogP contribution in [0.25, 0.3) is 0 Å². The molecule has 21 heavy (non-hydrogen) atoms. The number of urea groups is 1. The molecular weight excluding hydrogens is 289 g/mol. The summed E-state index contributed by atoms with van der Waals surface area (Å²) in [5, 5.41) is 11.3. The van der Waals surface area contributed by atoms with Gasteiger partial charge in [-0.1, -0.05) is 0 Å². The Labute approximate surface area is 118 Å². The van der Waals surface area contributed by atoms with E-state index >= 15 is 0 Å². The highest BCUT2D eigenvalue weighted by Gasteiger charge is 2.46. The van der Waals surface area contributed by atoms with Crippen LogP contribution in [0.1, 0.15) is 19.8 Å². The molecule has 114 valence electrons. The van der Waals surface area contributed by atoms with E-state index in [9.17, 15) is 27.9 Å². The van der Waals surface area contributed by atoms with Gasteiger partial charge in [-0.3, -0.25) is 0 Å². The van der Waals surface area contributed by atoms with Crippen LogP contribution in [0.3, 0.4) is 0 Å². The van der Waals surface area contributed by atoms with Crippen molar-refractivity contribution in [3.05, 3.63) is 29.6 Å². The van der Waals surface area contributed by atoms with E-state index in [2.05, 4.69) is 5.32 Å². The first-order valence-corrected chi connectivity index (χ1v) is 6.22. The zero-order chi connectivity index (χ0) is 15.8. The number of rotatable bonds is 2. The van der Waals surface area contributed by atoms with Gasteiger partial charge in [0.15, 0.2) is 11.6 Å². The monoisotopic (exact) mass is 302 g/mol. The first-order valence-electron chi connectivity index (χ1n) is 6.22. The number of hydrogen-bond donors (Lipinski definition) is 2. The Bertz CT molecular complexity index is 609. The first-order chi connectivity index (χ1) is 9.75. The van der Waals surface area contributed by atoms with E-state index in [0.717, 1.165) is 4.90 Å². The van der Waals surface area contributed by atoms with Gasteiger partial charge in [-0.25, -0.2) is 22.8 Å². The lowest BCUT2D eigenvalue weighted by atomic mass is 10.00. The SMILES string of the molecule is CC1(C(=O)O)CCCN1C(=O)Nc1cc(F)c(F)cc1F. The fraction of sp³-hybridized carbons (Fsp3) is 0.385. The normalized spacial score (nSPS) is 21.4. The van der Waals surface area contributed by atoms with E-state index < -0.39 is 40.7 Å². The van der Waals surface area contributed by atoms with Crippen molar-refractivity contribution in [3.8, 4) is 0 Å². The molecule has 1 unspecified atom stereocenters. The zero-order valence-corrected chi connectivity index (χ0v) is 11.1. The number of nitrogens with zero attached hydrogens (tertiary/aromatic N) is 1. The molecule has 0 radical (unpaired) electrons. The van der Waals surface area contributed by atoms with E-state index in [0.29, 0.717) is 18.6 Å². The van der Waals surface area contributed by atoms with E-state index in [4.69, 9.17) is 0 Å². The third-order valence-electron chi connectivity index (χ3n) is 3.60. The molecule has 1 aromatic rings. The zero-order valence-electron chi connectivity index (χ0n) is 11.1. The van der Waals surface area contributed by atoms with Gasteiger partial charge < -0.3 is 15.3 Å². The van der Waals surface area contributed by atoms with Crippen molar-refractivity contribution in [2.75, 3.05) is 11.9 Å². The van der Waals surface area contributed by atoms with Gasteiger partial charge in [0.05, 0.1) is 5.69 Å². The molecule has 1 heterocycles. The highest BCUT2D eigenvalue weighted by Crippen LogP contribution is 2.30. The summed E-state index contributed by atoms with van der Waals surface area (Å²) >= 11 is 0. The molecule has 1 aromatic carbocycles. The highest BCUT2D eigenvalue weighted by molar-refractivity contribution is 5.94. The second-order valence-corrected chi connectivity index (χ2v) is 5.01. The Kier molecular flexibility index (Phi) is 3.80. The second-order valence-electron chi connectivity index (χ2n) is 5.01. The maximum absolute atomic E-state index is 13.5. The predicted molar refractivity (Wildman–Crippen MR) is 67.3 cm³/mol. The summed E-state index contributed by atoms with van der Waals surface area (Å²) in [4.78, 5) is 24.3. The molecular formula is C13H13F3N2O3. The Balaban J connectivity index is 2.22. The highest BCUT2D eigenvalue weighted by atomic mass is 19.2. The Hall–Kier alpha value is -2.25. The number of hydrogen-bond acceptors (Lipinski definition) is 2. The number of anilines is 1. The van der Waals surface area contributed by atoms with E-state index in [-0.39, 0.29) is 13.0 Å². The van der Waals surface area contributed by atoms with Gasteiger partial charge in [0.1, 0.15) is 11.4 Å². The molecule has 1 atom stereocenters. The maximum Gasteiger partial charge on any atom is 0.329 e. The minimum atomic E-state index is -1.40. The van der Waals surface area contributed by atoms with Gasteiger partial charge in [0, 0.05) is 18.7 Å². The molecule has 0 aliphatic carbocycles. The molecule has 1 fully saturated rings. The third kappa shape index (κ3) is 2.65. The molecule has 0 saturated carbocycles. The van der Waals surface area contributed by atoms with Crippen molar-refractivity contribution in [1.82, 2.24) is 4.90 Å². The minimum Gasteiger partial charge on any atom is -0.480 e. The van der Waals surface area contributed by atoms with Crippen LogP contribution in [0.2, 0.25) is 0 Å². The van der Waals surface area contributed by atoms with Crippen LogP contribution in [0.15, 0.2) is 12.1 Å². The number of nitrogens with one attached hydrogen (secondary N) is 1. The first kappa shape index (κ1) is 15.1. The average Bonchev–Trinajstić information content (AvgIpc) is 2.79. The summed E-state index contributed by atoms with van der Waals surface area (Å²) in [6.45, 7) is 1.56. The summed E-state index contributed by atoms with van der Waals surface area (Å²) in [5.74, 6) is -5.00. The van der Waals surface area contributed by atoms with Gasteiger partial charge in [0.25, 0.3) is 0 Å². The van der Waals surface area contributed by atoms with Crippen LogP contribution < -0.4 is 5.32 Å². The van der Waals surface area contributed by atoms with Crippen molar-refractivity contribution in [3.63, 3.8) is 0 Å². The Morgan fingerprint density at radius 3 is 2.48 bits per heavy atom. The number of carbonyl (C=O) groups is 2. The van der Waals surface area contributed by atoms with Gasteiger partial charge >= 0.3 is 12.0 Å². The molecule has 1 saturated heterocycles. The van der Waals surface area contributed by atoms with Crippen LogP contribution >= 0.6 is 0 Å². The third-order valence-corrected chi connectivity index (χ3v) is 3.60. The summed E-state index contributed by atoms with van der Waals surface area (Å²) in [7, 11) is 0. The number of likely N-dealkylation sites (tertiary alicyclic amines) is 1. The number of halogens is 3. The van der Waals surface area contributed by atoms with Gasteiger partial charge in [-0.05, 0) is 19.8 Å². The number of carboxylic acids is 1. The van der Waals surface area contributed by atoms with Crippen LogP contribution in [0.4, 0.5) is 23.7 Å². The van der Waals surface area contributed by atoms with Crippen molar-refractivity contribution in [1.29, 1.82) is 0 Å². The van der Waals surface area contributed by atoms with Crippen molar-refractivity contribution in [2.24, 2.45) is 0 Å². The molecule has 1 aliphatic heterocycles. The fourth-order valence-corrected chi connectivity index (χ4v) is 2.31. The molecule has 2 N–H and O–H groups in total. The number of aliphatic carboxylic acids is 1. The summed E-state index contributed by atoms with van der Waals surface area (Å²) in [6.07, 6.45) is 0.743. The summed E-state index contributed by atoms with van der Waals surface area (Å²) in [6, 6.07) is -0.0514. The van der Waals surface area contributed by atoms with Crippen molar-refractivity contribution in [2.45, 2.75) is 25.3 Å². The predicted octanol–water partition coefficient (Wildman–Crippen LogP) is 2.57. The topological polar surface area (TPSA) is 69.6 Å².